The lowest BCUT2D eigenvalue weighted by atomic mass is 10.2. The largest absolute Gasteiger partial charge is 0.339 e. The standard InChI is InChI=1S/C14H17Cl2N3O2.ClH/c1-18(9-13(20)19-6-4-17-5-7-19)14(21)11-8-10(15)2-3-12(11)16;/h2-3,8,17H,4-7,9H2,1H3;1H. The molecule has 1 fully saturated rings. The molecule has 1 aliphatic heterocycles. The number of hydrogen-bond donors (Lipinski definition) is 1. The predicted molar refractivity (Wildman–Crippen MR) is 90.1 cm³/mol. The van der Waals surface area contributed by atoms with Crippen molar-refractivity contribution >= 4 is 47.4 Å². The smallest absolute Gasteiger partial charge is 0.255 e. The van der Waals surface area contributed by atoms with Gasteiger partial charge in [-0.25, -0.2) is 0 Å². The molecule has 1 heterocycles. The van der Waals surface area contributed by atoms with Gasteiger partial charge in [0, 0.05) is 38.2 Å². The van der Waals surface area contributed by atoms with E-state index in [9.17, 15) is 9.59 Å². The number of carbonyl (C=O) groups is 2. The van der Waals surface area contributed by atoms with Crippen LogP contribution in [0.15, 0.2) is 18.2 Å². The molecule has 1 aromatic carbocycles. The van der Waals surface area contributed by atoms with Gasteiger partial charge in [0.15, 0.2) is 0 Å². The van der Waals surface area contributed by atoms with E-state index in [1.807, 2.05) is 0 Å². The summed E-state index contributed by atoms with van der Waals surface area (Å²) >= 11 is 11.9. The van der Waals surface area contributed by atoms with Gasteiger partial charge in [0.25, 0.3) is 5.91 Å². The number of halogens is 3. The van der Waals surface area contributed by atoms with Gasteiger partial charge in [0.05, 0.1) is 17.1 Å². The zero-order valence-corrected chi connectivity index (χ0v) is 14.5. The molecule has 0 radical (unpaired) electrons. The Hall–Kier alpha value is -1.01. The van der Waals surface area contributed by atoms with E-state index in [4.69, 9.17) is 23.2 Å². The Kier molecular flexibility index (Phi) is 7.42. The predicted octanol–water partition coefficient (Wildman–Crippen LogP) is 1.92. The topological polar surface area (TPSA) is 52.7 Å². The summed E-state index contributed by atoms with van der Waals surface area (Å²) in [6.45, 7) is 2.92. The number of hydrogen-bond acceptors (Lipinski definition) is 3. The summed E-state index contributed by atoms with van der Waals surface area (Å²) in [5.41, 5.74) is 0.305. The Labute approximate surface area is 145 Å². The monoisotopic (exact) mass is 365 g/mol. The number of carbonyl (C=O) groups excluding carboxylic acids is 2. The highest BCUT2D eigenvalue weighted by atomic mass is 35.5. The highest BCUT2D eigenvalue weighted by Gasteiger charge is 2.22. The average molecular weight is 367 g/mol. The molecule has 5 nitrogen and oxygen atoms in total. The molecule has 122 valence electrons. The van der Waals surface area contributed by atoms with Gasteiger partial charge in [0.2, 0.25) is 5.91 Å². The summed E-state index contributed by atoms with van der Waals surface area (Å²) in [6.07, 6.45) is 0. The quantitative estimate of drug-likeness (QED) is 0.889. The Bertz CT molecular complexity index is 548. The van der Waals surface area contributed by atoms with Crippen molar-refractivity contribution in [3.05, 3.63) is 33.8 Å². The Balaban J connectivity index is 0.00000242. The summed E-state index contributed by atoms with van der Waals surface area (Å²) in [5.74, 6) is -0.378. The lowest BCUT2D eigenvalue weighted by Crippen LogP contribution is -2.49. The third-order valence-electron chi connectivity index (χ3n) is 3.35. The molecule has 0 bridgehead atoms. The molecule has 0 aliphatic carbocycles. The van der Waals surface area contributed by atoms with E-state index < -0.39 is 0 Å². The first-order valence-corrected chi connectivity index (χ1v) is 7.43. The molecule has 2 rings (SSSR count). The molecule has 1 N–H and O–H groups in total. The minimum absolute atomic E-state index is 0. The second-order valence-electron chi connectivity index (χ2n) is 4.92. The molecule has 0 aromatic heterocycles. The third kappa shape index (κ3) is 4.74. The zero-order chi connectivity index (χ0) is 15.4. The first-order chi connectivity index (χ1) is 9.99. The number of nitrogens with one attached hydrogen (secondary N) is 1. The Morgan fingerprint density at radius 3 is 2.55 bits per heavy atom. The fourth-order valence-electron chi connectivity index (χ4n) is 2.16. The van der Waals surface area contributed by atoms with Gasteiger partial charge < -0.3 is 15.1 Å². The van der Waals surface area contributed by atoms with Crippen LogP contribution in [0.4, 0.5) is 0 Å². The third-order valence-corrected chi connectivity index (χ3v) is 3.91. The molecule has 0 atom stereocenters. The van der Waals surface area contributed by atoms with Crippen LogP contribution in [0, 0.1) is 0 Å². The maximum absolute atomic E-state index is 12.3. The summed E-state index contributed by atoms with van der Waals surface area (Å²) in [6, 6.07) is 4.70. The van der Waals surface area contributed by atoms with Crippen LogP contribution >= 0.6 is 35.6 Å². The van der Waals surface area contributed by atoms with E-state index in [-0.39, 0.29) is 30.8 Å². The minimum Gasteiger partial charge on any atom is -0.339 e. The van der Waals surface area contributed by atoms with Crippen molar-refractivity contribution in [2.45, 2.75) is 0 Å². The zero-order valence-electron chi connectivity index (χ0n) is 12.1. The van der Waals surface area contributed by atoms with Gasteiger partial charge in [0.1, 0.15) is 0 Å². The Morgan fingerprint density at radius 2 is 1.91 bits per heavy atom. The molecule has 1 saturated heterocycles. The minimum atomic E-state index is -0.314. The highest BCUT2D eigenvalue weighted by molar-refractivity contribution is 6.35. The van der Waals surface area contributed by atoms with E-state index >= 15 is 0 Å². The van der Waals surface area contributed by atoms with E-state index in [1.54, 1.807) is 24.1 Å². The number of rotatable bonds is 3. The average Bonchev–Trinajstić information content (AvgIpc) is 2.49. The van der Waals surface area contributed by atoms with E-state index in [2.05, 4.69) is 5.32 Å². The number of amides is 2. The van der Waals surface area contributed by atoms with Gasteiger partial charge in [-0.2, -0.15) is 0 Å². The van der Waals surface area contributed by atoms with Crippen molar-refractivity contribution in [1.29, 1.82) is 0 Å². The fourth-order valence-corrected chi connectivity index (χ4v) is 2.53. The summed E-state index contributed by atoms with van der Waals surface area (Å²) in [5, 5.41) is 3.94. The van der Waals surface area contributed by atoms with Crippen molar-refractivity contribution in [2.75, 3.05) is 39.8 Å². The molecular weight excluding hydrogens is 349 g/mol. The van der Waals surface area contributed by atoms with Crippen LogP contribution < -0.4 is 5.32 Å². The van der Waals surface area contributed by atoms with Crippen molar-refractivity contribution in [3.8, 4) is 0 Å². The molecule has 22 heavy (non-hydrogen) atoms. The van der Waals surface area contributed by atoms with Gasteiger partial charge in [-0.15, -0.1) is 12.4 Å². The van der Waals surface area contributed by atoms with Crippen LogP contribution in [0.25, 0.3) is 0 Å². The first-order valence-electron chi connectivity index (χ1n) is 6.68. The van der Waals surface area contributed by atoms with Crippen molar-refractivity contribution in [1.82, 2.24) is 15.1 Å². The number of nitrogens with zero attached hydrogens (tertiary/aromatic N) is 2. The van der Waals surface area contributed by atoms with E-state index in [0.29, 0.717) is 28.7 Å². The fraction of sp³-hybridized carbons (Fsp3) is 0.429. The lowest BCUT2D eigenvalue weighted by molar-refractivity contribution is -0.132. The number of likely N-dealkylation sites (N-methyl/N-ethyl adjacent to an activating group) is 1. The summed E-state index contributed by atoms with van der Waals surface area (Å²) in [4.78, 5) is 27.6. The molecule has 1 aliphatic rings. The molecule has 1 aromatic rings. The number of piperazine rings is 1. The van der Waals surface area contributed by atoms with Gasteiger partial charge in [-0.1, -0.05) is 23.2 Å². The molecule has 2 amide bonds. The van der Waals surface area contributed by atoms with Crippen LogP contribution in [-0.2, 0) is 4.79 Å². The molecule has 0 unspecified atom stereocenters. The lowest BCUT2D eigenvalue weighted by Gasteiger charge is -2.29. The second-order valence-corrected chi connectivity index (χ2v) is 5.76. The SMILES string of the molecule is CN(CC(=O)N1CCNCC1)C(=O)c1cc(Cl)ccc1Cl.Cl. The Morgan fingerprint density at radius 1 is 1.27 bits per heavy atom. The highest BCUT2D eigenvalue weighted by Crippen LogP contribution is 2.21. The molecule has 8 heteroatoms. The maximum Gasteiger partial charge on any atom is 0.255 e. The maximum atomic E-state index is 12.3. The second kappa shape index (κ2) is 8.58. The summed E-state index contributed by atoms with van der Waals surface area (Å²) < 4.78 is 0. The van der Waals surface area contributed by atoms with Crippen LogP contribution in [0.2, 0.25) is 10.0 Å². The van der Waals surface area contributed by atoms with Crippen LogP contribution in [0.5, 0.6) is 0 Å². The van der Waals surface area contributed by atoms with Crippen molar-refractivity contribution in [2.24, 2.45) is 0 Å². The number of benzene rings is 1. The normalized spacial score (nSPS) is 14.2. The van der Waals surface area contributed by atoms with E-state index in [0.717, 1.165) is 13.1 Å². The molecule has 0 saturated carbocycles. The molecule has 0 spiro atoms. The first kappa shape index (κ1) is 19.0. The van der Waals surface area contributed by atoms with Crippen LogP contribution in [0.3, 0.4) is 0 Å². The van der Waals surface area contributed by atoms with Gasteiger partial charge in [-0.3, -0.25) is 9.59 Å². The molecular formula is C14H18Cl3N3O2. The van der Waals surface area contributed by atoms with Crippen LogP contribution in [0.1, 0.15) is 10.4 Å². The summed E-state index contributed by atoms with van der Waals surface area (Å²) in [7, 11) is 1.58. The van der Waals surface area contributed by atoms with Crippen molar-refractivity contribution in [3.63, 3.8) is 0 Å². The van der Waals surface area contributed by atoms with Crippen LogP contribution in [-0.4, -0.2) is 61.4 Å². The van der Waals surface area contributed by atoms with Gasteiger partial charge in [-0.05, 0) is 18.2 Å². The van der Waals surface area contributed by atoms with Crippen molar-refractivity contribution < 1.29 is 9.59 Å². The van der Waals surface area contributed by atoms with E-state index in [1.165, 1.54) is 11.0 Å². The van der Waals surface area contributed by atoms with Gasteiger partial charge >= 0.3 is 0 Å².